The molecular weight excluding hydrogens is 232 g/mol. The molecule has 0 N–H and O–H groups in total. The lowest BCUT2D eigenvalue weighted by Gasteiger charge is -2.02. The third-order valence-electron chi connectivity index (χ3n) is 1.55. The van der Waals surface area contributed by atoms with Gasteiger partial charge in [-0.3, -0.25) is 9.59 Å². The minimum Gasteiger partial charge on any atom is -0.465 e. The van der Waals surface area contributed by atoms with Crippen LogP contribution >= 0.6 is 23.1 Å². The van der Waals surface area contributed by atoms with Crippen LogP contribution in [0.3, 0.4) is 0 Å². The Morgan fingerprint density at radius 3 is 2.93 bits per heavy atom. The maximum absolute atomic E-state index is 11.2. The Morgan fingerprint density at radius 1 is 1.53 bits per heavy atom. The highest BCUT2D eigenvalue weighted by Crippen LogP contribution is 2.09. The molecule has 0 unspecified atom stereocenters. The Hall–Kier alpha value is -0.810. The zero-order valence-corrected chi connectivity index (χ0v) is 10.0. The van der Waals surface area contributed by atoms with E-state index in [2.05, 4.69) is 0 Å². The summed E-state index contributed by atoms with van der Waals surface area (Å²) in [5.41, 5.74) is 0. The van der Waals surface area contributed by atoms with Crippen LogP contribution in [0.5, 0.6) is 0 Å². The van der Waals surface area contributed by atoms with Gasteiger partial charge in [-0.2, -0.15) is 0 Å². The Kier molecular flexibility index (Phi) is 5.42. The lowest BCUT2D eigenvalue weighted by molar-refractivity contribution is -0.142. The molecule has 0 radical (unpaired) electrons. The normalized spacial score (nSPS) is 9.93. The number of ether oxygens (including phenoxy) is 1. The van der Waals surface area contributed by atoms with Gasteiger partial charge in [0.2, 0.25) is 0 Å². The maximum Gasteiger partial charge on any atom is 0.311 e. The monoisotopic (exact) mass is 244 g/mol. The predicted octanol–water partition coefficient (Wildman–Crippen LogP) is 2.11. The molecule has 0 saturated heterocycles. The molecule has 0 spiro atoms. The molecule has 0 fully saturated rings. The fourth-order valence-electron chi connectivity index (χ4n) is 0.947. The van der Waals surface area contributed by atoms with Crippen molar-refractivity contribution in [3.63, 3.8) is 0 Å². The van der Waals surface area contributed by atoms with E-state index in [0.717, 1.165) is 4.88 Å². The molecule has 0 atom stereocenters. The minimum atomic E-state index is -0.235. The number of rotatable bonds is 5. The molecule has 15 heavy (non-hydrogen) atoms. The van der Waals surface area contributed by atoms with Gasteiger partial charge in [-0.1, -0.05) is 17.8 Å². The van der Waals surface area contributed by atoms with Crippen molar-refractivity contribution in [2.45, 2.75) is 13.3 Å². The first kappa shape index (κ1) is 12.3. The van der Waals surface area contributed by atoms with E-state index >= 15 is 0 Å². The van der Waals surface area contributed by atoms with E-state index in [9.17, 15) is 9.59 Å². The smallest absolute Gasteiger partial charge is 0.311 e. The van der Waals surface area contributed by atoms with Crippen LogP contribution in [0.25, 0.3) is 0 Å². The van der Waals surface area contributed by atoms with Crippen LogP contribution in [0.15, 0.2) is 17.5 Å². The van der Waals surface area contributed by atoms with Gasteiger partial charge in [0.25, 0.3) is 0 Å². The molecule has 1 aromatic heterocycles. The molecule has 0 aliphatic heterocycles. The number of hydrogen-bond donors (Lipinski definition) is 0. The van der Waals surface area contributed by atoms with Gasteiger partial charge in [0.1, 0.15) is 6.61 Å². The van der Waals surface area contributed by atoms with E-state index in [-0.39, 0.29) is 11.1 Å². The average molecular weight is 244 g/mol. The van der Waals surface area contributed by atoms with Crippen molar-refractivity contribution in [2.24, 2.45) is 0 Å². The SMILES string of the molecule is CC(=O)SCCOC(=O)Cc1cccs1. The summed E-state index contributed by atoms with van der Waals surface area (Å²) in [6.45, 7) is 1.80. The Bertz CT molecular complexity index is 319. The van der Waals surface area contributed by atoms with Crippen molar-refractivity contribution in [3.8, 4) is 0 Å². The third-order valence-corrected chi connectivity index (χ3v) is 3.20. The van der Waals surface area contributed by atoms with Crippen LogP contribution in [0.4, 0.5) is 0 Å². The minimum absolute atomic E-state index is 0.0457. The summed E-state index contributed by atoms with van der Waals surface area (Å²) in [7, 11) is 0. The van der Waals surface area contributed by atoms with Crippen molar-refractivity contribution in [1.29, 1.82) is 0 Å². The van der Waals surface area contributed by atoms with Crippen molar-refractivity contribution in [3.05, 3.63) is 22.4 Å². The number of thioether (sulfide) groups is 1. The number of carbonyl (C=O) groups is 2. The van der Waals surface area contributed by atoms with Crippen molar-refractivity contribution < 1.29 is 14.3 Å². The summed E-state index contributed by atoms with van der Waals surface area (Å²) < 4.78 is 4.96. The second-order valence-electron chi connectivity index (χ2n) is 2.82. The van der Waals surface area contributed by atoms with Crippen molar-refractivity contribution in [2.75, 3.05) is 12.4 Å². The lowest BCUT2D eigenvalue weighted by Crippen LogP contribution is -2.09. The lowest BCUT2D eigenvalue weighted by atomic mass is 10.3. The van der Waals surface area contributed by atoms with Crippen LogP contribution in [0.2, 0.25) is 0 Å². The van der Waals surface area contributed by atoms with Gasteiger partial charge >= 0.3 is 5.97 Å². The molecule has 0 bridgehead atoms. The maximum atomic E-state index is 11.2. The molecule has 0 saturated carbocycles. The summed E-state index contributed by atoms with van der Waals surface area (Å²) in [5, 5.41) is 1.97. The summed E-state index contributed by atoms with van der Waals surface area (Å²) in [6.07, 6.45) is 0.322. The first-order chi connectivity index (χ1) is 7.18. The molecule has 1 rings (SSSR count). The Balaban J connectivity index is 2.11. The van der Waals surface area contributed by atoms with E-state index in [1.165, 1.54) is 30.0 Å². The van der Waals surface area contributed by atoms with Gasteiger partial charge in [0.05, 0.1) is 6.42 Å². The molecule has 82 valence electrons. The molecule has 1 aromatic rings. The molecule has 0 aromatic carbocycles. The van der Waals surface area contributed by atoms with Gasteiger partial charge < -0.3 is 4.74 Å². The van der Waals surface area contributed by atoms with Gasteiger partial charge in [-0.15, -0.1) is 11.3 Å². The fourth-order valence-corrected chi connectivity index (χ4v) is 2.09. The molecule has 3 nitrogen and oxygen atoms in total. The van der Waals surface area contributed by atoms with Gasteiger partial charge in [0, 0.05) is 17.6 Å². The van der Waals surface area contributed by atoms with E-state index in [1.807, 2.05) is 17.5 Å². The largest absolute Gasteiger partial charge is 0.465 e. The number of hydrogen-bond acceptors (Lipinski definition) is 5. The number of thiophene rings is 1. The highest BCUT2D eigenvalue weighted by Gasteiger charge is 2.05. The standard InChI is InChI=1S/C10H12O3S2/c1-8(11)14-6-4-13-10(12)7-9-3-2-5-15-9/h2-3,5H,4,6-7H2,1H3. The molecule has 0 aliphatic rings. The highest BCUT2D eigenvalue weighted by atomic mass is 32.2. The van der Waals surface area contributed by atoms with Crippen LogP contribution in [0, 0.1) is 0 Å². The second kappa shape index (κ2) is 6.63. The predicted molar refractivity (Wildman–Crippen MR) is 62.1 cm³/mol. The highest BCUT2D eigenvalue weighted by molar-refractivity contribution is 8.13. The second-order valence-corrected chi connectivity index (χ2v) is 5.12. The van der Waals surface area contributed by atoms with Gasteiger partial charge in [0.15, 0.2) is 5.12 Å². The first-order valence-corrected chi connectivity index (χ1v) is 6.36. The zero-order valence-electron chi connectivity index (χ0n) is 8.39. The van der Waals surface area contributed by atoms with Crippen molar-refractivity contribution in [1.82, 2.24) is 0 Å². The van der Waals surface area contributed by atoms with Gasteiger partial charge in [-0.25, -0.2) is 0 Å². The fraction of sp³-hybridized carbons (Fsp3) is 0.400. The van der Waals surface area contributed by atoms with E-state index in [0.29, 0.717) is 18.8 Å². The third kappa shape index (κ3) is 5.59. The van der Waals surface area contributed by atoms with E-state index in [4.69, 9.17) is 4.74 Å². The van der Waals surface area contributed by atoms with Crippen LogP contribution in [-0.4, -0.2) is 23.4 Å². The van der Waals surface area contributed by atoms with E-state index in [1.54, 1.807) is 0 Å². The zero-order chi connectivity index (χ0) is 11.1. The summed E-state index contributed by atoms with van der Waals surface area (Å²) in [5.74, 6) is 0.299. The van der Waals surface area contributed by atoms with Crippen LogP contribution in [0.1, 0.15) is 11.8 Å². The molecule has 5 heteroatoms. The van der Waals surface area contributed by atoms with Gasteiger partial charge in [-0.05, 0) is 11.4 Å². The number of carbonyl (C=O) groups excluding carboxylic acids is 2. The summed E-state index contributed by atoms with van der Waals surface area (Å²) >= 11 is 2.70. The Morgan fingerprint density at radius 2 is 2.33 bits per heavy atom. The molecule has 1 heterocycles. The average Bonchev–Trinajstić information content (AvgIpc) is 2.64. The van der Waals surface area contributed by atoms with Crippen LogP contribution < -0.4 is 0 Å². The molecular formula is C10H12O3S2. The first-order valence-electron chi connectivity index (χ1n) is 4.50. The molecule has 0 aliphatic carbocycles. The summed E-state index contributed by atoms with van der Waals surface area (Å²) in [4.78, 5) is 22.8. The Labute approximate surface area is 96.8 Å². The number of esters is 1. The topological polar surface area (TPSA) is 43.4 Å². The summed E-state index contributed by atoms with van der Waals surface area (Å²) in [6, 6.07) is 3.80. The quantitative estimate of drug-likeness (QED) is 0.588. The molecule has 0 amide bonds. The van der Waals surface area contributed by atoms with E-state index < -0.39 is 0 Å². The van der Waals surface area contributed by atoms with Crippen molar-refractivity contribution >= 4 is 34.2 Å². The van der Waals surface area contributed by atoms with Crippen LogP contribution in [-0.2, 0) is 20.7 Å².